The lowest BCUT2D eigenvalue weighted by Gasteiger charge is -2.47. The predicted molar refractivity (Wildman–Crippen MR) is 140 cm³/mol. The molecule has 0 aliphatic carbocycles. The van der Waals surface area contributed by atoms with Crippen LogP contribution in [0.4, 0.5) is 11.4 Å². The minimum atomic E-state index is -2.22. The summed E-state index contributed by atoms with van der Waals surface area (Å²) in [6, 6.07) is 23.0. The van der Waals surface area contributed by atoms with Gasteiger partial charge in [0.15, 0.2) is 5.50 Å². The molecule has 6 heteroatoms. The first-order valence-corrected chi connectivity index (χ1v) is 13.5. The van der Waals surface area contributed by atoms with E-state index in [9.17, 15) is 0 Å². The van der Waals surface area contributed by atoms with E-state index in [-0.39, 0.29) is 5.16 Å². The van der Waals surface area contributed by atoms with E-state index in [0.29, 0.717) is 6.61 Å². The van der Waals surface area contributed by atoms with E-state index in [0.717, 1.165) is 48.9 Å². The Labute approximate surface area is 198 Å². The van der Waals surface area contributed by atoms with Crippen LogP contribution in [0.1, 0.15) is 33.5 Å². The molecule has 1 aliphatic heterocycles. The molecule has 176 valence electrons. The van der Waals surface area contributed by atoms with Crippen LogP contribution in [0.3, 0.4) is 0 Å². The molecule has 0 spiro atoms. The second-order valence-corrected chi connectivity index (χ2v) is 13.2. The standard InChI is InChI=1S/C27H36N3O2P/c1-6-31-25-15-11-10-14-24(25)29-18-20-30(21-19-29)33(27(3,4)5,26-17-16-22(2)32-26)28-23-12-8-7-9-13-23/h7-17H,6,18-21H2,1-5H3. The van der Waals surface area contributed by atoms with Crippen molar-refractivity contribution in [1.82, 2.24) is 4.67 Å². The zero-order valence-electron chi connectivity index (χ0n) is 20.5. The zero-order valence-corrected chi connectivity index (χ0v) is 21.4. The van der Waals surface area contributed by atoms with E-state index in [4.69, 9.17) is 13.9 Å². The summed E-state index contributed by atoms with van der Waals surface area (Å²) in [6.07, 6.45) is 0. The highest BCUT2D eigenvalue weighted by Crippen LogP contribution is 2.64. The molecule has 3 aromatic rings. The van der Waals surface area contributed by atoms with E-state index < -0.39 is 7.21 Å². The van der Waals surface area contributed by atoms with E-state index in [1.165, 1.54) is 5.69 Å². The van der Waals surface area contributed by atoms with Crippen LogP contribution < -0.4 is 15.1 Å². The number of piperazine rings is 1. The van der Waals surface area contributed by atoms with Crippen LogP contribution >= 0.6 is 7.21 Å². The molecular formula is C27H36N3O2P. The smallest absolute Gasteiger partial charge is 0.157 e. The Kier molecular flexibility index (Phi) is 7.02. The largest absolute Gasteiger partial charge is 0.492 e. The number of benzene rings is 2. The molecule has 1 aromatic heterocycles. The van der Waals surface area contributed by atoms with Gasteiger partial charge in [0.05, 0.1) is 18.0 Å². The number of para-hydroxylation sites is 2. The lowest BCUT2D eigenvalue weighted by molar-refractivity contribution is 0.337. The Hall–Kier alpha value is -2.49. The Morgan fingerprint density at radius 2 is 1.58 bits per heavy atom. The van der Waals surface area contributed by atoms with Gasteiger partial charge in [-0.3, -0.25) is 4.67 Å². The molecule has 0 bridgehead atoms. The number of ether oxygens (including phenoxy) is 1. The Morgan fingerprint density at radius 3 is 2.18 bits per heavy atom. The van der Waals surface area contributed by atoms with Crippen molar-refractivity contribution in [2.24, 2.45) is 4.74 Å². The molecule has 0 amide bonds. The van der Waals surface area contributed by atoms with Gasteiger partial charge in [-0.15, -0.1) is 0 Å². The average molecular weight is 466 g/mol. The van der Waals surface area contributed by atoms with Gasteiger partial charge in [0.1, 0.15) is 18.7 Å². The first kappa shape index (κ1) is 23.7. The molecule has 0 N–H and O–H groups in total. The quantitative estimate of drug-likeness (QED) is 0.381. The van der Waals surface area contributed by atoms with Crippen molar-refractivity contribution in [3.63, 3.8) is 0 Å². The molecule has 1 fully saturated rings. The zero-order chi connectivity index (χ0) is 23.5. The van der Waals surface area contributed by atoms with Crippen LogP contribution in [0.15, 0.2) is 75.9 Å². The third-order valence-electron chi connectivity index (χ3n) is 6.16. The summed E-state index contributed by atoms with van der Waals surface area (Å²) >= 11 is 0. The van der Waals surface area contributed by atoms with Crippen molar-refractivity contribution in [2.45, 2.75) is 39.8 Å². The summed E-state index contributed by atoms with van der Waals surface area (Å²) < 4.78 is 20.4. The highest BCUT2D eigenvalue weighted by Gasteiger charge is 2.44. The summed E-state index contributed by atoms with van der Waals surface area (Å²) in [7, 11) is -2.22. The van der Waals surface area contributed by atoms with Gasteiger partial charge in [0.25, 0.3) is 0 Å². The molecular weight excluding hydrogens is 429 g/mol. The number of hydrogen-bond donors (Lipinski definition) is 0. The molecule has 1 aliphatic rings. The van der Waals surface area contributed by atoms with Gasteiger partial charge in [-0.2, -0.15) is 0 Å². The number of furan rings is 1. The molecule has 2 heterocycles. The molecule has 0 saturated carbocycles. The third kappa shape index (κ3) is 4.76. The van der Waals surface area contributed by atoms with E-state index in [2.05, 4.69) is 84.9 Å². The minimum Gasteiger partial charge on any atom is -0.492 e. The number of aryl methyl sites for hydroxylation is 1. The maximum Gasteiger partial charge on any atom is 0.157 e. The van der Waals surface area contributed by atoms with Gasteiger partial charge >= 0.3 is 0 Å². The van der Waals surface area contributed by atoms with Crippen LogP contribution in [0.2, 0.25) is 0 Å². The second kappa shape index (κ2) is 9.79. The topological polar surface area (TPSA) is 41.2 Å². The number of rotatable bonds is 6. The lowest BCUT2D eigenvalue weighted by atomic mass is 10.2. The third-order valence-corrected chi connectivity index (χ3v) is 10.6. The molecule has 1 unspecified atom stereocenters. The van der Waals surface area contributed by atoms with Gasteiger partial charge in [-0.25, -0.2) is 4.74 Å². The maximum atomic E-state index is 6.34. The van der Waals surface area contributed by atoms with Gasteiger partial charge in [-0.05, 0) is 50.2 Å². The molecule has 2 aromatic carbocycles. The van der Waals surface area contributed by atoms with Crippen LogP contribution in [0.25, 0.3) is 0 Å². The Morgan fingerprint density at radius 1 is 0.909 bits per heavy atom. The van der Waals surface area contributed by atoms with Crippen LogP contribution in [-0.2, 0) is 0 Å². The normalized spacial score (nSPS) is 16.9. The molecule has 1 atom stereocenters. The summed E-state index contributed by atoms with van der Waals surface area (Å²) in [5.74, 6) is 1.90. The van der Waals surface area contributed by atoms with Crippen LogP contribution in [0, 0.1) is 6.92 Å². The van der Waals surface area contributed by atoms with Crippen molar-refractivity contribution in [3.8, 4) is 5.75 Å². The van der Waals surface area contributed by atoms with Gasteiger partial charge < -0.3 is 14.1 Å². The Bertz CT molecular complexity index is 1110. The molecule has 33 heavy (non-hydrogen) atoms. The van der Waals surface area contributed by atoms with Gasteiger partial charge in [-0.1, -0.05) is 51.1 Å². The molecule has 0 radical (unpaired) electrons. The summed E-state index contributed by atoms with van der Waals surface area (Å²) in [5.41, 5.74) is 3.20. The number of nitrogens with zero attached hydrogens (tertiary/aromatic N) is 3. The summed E-state index contributed by atoms with van der Waals surface area (Å²) in [6.45, 7) is 15.3. The highest BCUT2D eigenvalue weighted by atomic mass is 31.2. The summed E-state index contributed by atoms with van der Waals surface area (Å²) in [5, 5.41) is -0.0848. The lowest BCUT2D eigenvalue weighted by Crippen LogP contribution is -2.48. The van der Waals surface area contributed by atoms with Gasteiger partial charge in [0, 0.05) is 31.3 Å². The van der Waals surface area contributed by atoms with E-state index in [1.54, 1.807) is 0 Å². The monoisotopic (exact) mass is 465 g/mol. The SMILES string of the molecule is CCOc1ccccc1N1CCN(P(=Nc2ccccc2)(c2ccc(C)o2)C(C)(C)C)CC1. The molecule has 4 rings (SSSR count). The number of hydrogen-bond acceptors (Lipinski definition) is 4. The fourth-order valence-corrected chi connectivity index (χ4v) is 8.72. The number of anilines is 1. The summed E-state index contributed by atoms with van der Waals surface area (Å²) in [4.78, 5) is 2.44. The fourth-order valence-electron chi connectivity index (χ4n) is 4.63. The maximum absolute atomic E-state index is 6.34. The fraction of sp³-hybridized carbons (Fsp3) is 0.407. The molecule has 5 nitrogen and oxygen atoms in total. The second-order valence-electron chi connectivity index (χ2n) is 9.43. The van der Waals surface area contributed by atoms with Crippen LogP contribution in [0.5, 0.6) is 5.75 Å². The van der Waals surface area contributed by atoms with Crippen molar-refractivity contribution in [2.75, 3.05) is 37.7 Å². The van der Waals surface area contributed by atoms with Gasteiger partial charge in [0.2, 0.25) is 0 Å². The van der Waals surface area contributed by atoms with Crippen molar-refractivity contribution in [1.29, 1.82) is 0 Å². The average Bonchev–Trinajstić information content (AvgIpc) is 3.24. The Balaban J connectivity index is 1.74. The molecule has 1 saturated heterocycles. The van der Waals surface area contributed by atoms with E-state index in [1.807, 2.05) is 26.0 Å². The van der Waals surface area contributed by atoms with Crippen molar-refractivity contribution < 1.29 is 9.15 Å². The highest BCUT2D eigenvalue weighted by molar-refractivity contribution is 7.72. The first-order chi connectivity index (χ1) is 15.8. The van der Waals surface area contributed by atoms with Crippen molar-refractivity contribution in [3.05, 3.63) is 72.5 Å². The minimum absolute atomic E-state index is 0.0848. The van der Waals surface area contributed by atoms with E-state index >= 15 is 0 Å². The van der Waals surface area contributed by atoms with Crippen LogP contribution in [-0.4, -0.2) is 42.6 Å². The predicted octanol–water partition coefficient (Wildman–Crippen LogP) is 6.68. The first-order valence-electron chi connectivity index (χ1n) is 11.8. The van der Waals surface area contributed by atoms with Crippen molar-refractivity contribution >= 4 is 24.1 Å².